The molecule has 1 fully saturated rings. The Kier molecular flexibility index (Phi) is 4.55. The Labute approximate surface area is 172 Å². The second-order valence-electron chi connectivity index (χ2n) is 7.52. The summed E-state index contributed by atoms with van der Waals surface area (Å²) < 4.78 is 13.2. The number of hydrogen-bond donors (Lipinski definition) is 4. The lowest BCUT2D eigenvalue weighted by Gasteiger charge is -2.14. The third-order valence-electron chi connectivity index (χ3n) is 5.34. The van der Waals surface area contributed by atoms with Crippen LogP contribution in [0.5, 0.6) is 0 Å². The standard InChI is InChI=1S/C22H20FN5O2/c23-15-9-14(15)22(30)28-18-8-12(6-7-25-18)20-21(26-13-4-2-1-3-5-13)19-16(27-20)10-24-11-17(19)29/h1-8,14-15,24,26-27H,9-11H2,(H,25,28,30)/t14-,15-/m1/s1. The van der Waals surface area contributed by atoms with Crippen molar-refractivity contribution in [2.75, 3.05) is 17.2 Å². The molecule has 2 atom stereocenters. The first-order valence-corrected chi connectivity index (χ1v) is 9.82. The Morgan fingerprint density at radius 3 is 2.73 bits per heavy atom. The average Bonchev–Trinajstić information content (AvgIpc) is 3.37. The number of carbonyl (C=O) groups excluding carboxylic acids is 2. The van der Waals surface area contributed by atoms with Gasteiger partial charge in [0.05, 0.1) is 29.4 Å². The van der Waals surface area contributed by atoms with Crippen molar-refractivity contribution in [2.45, 2.75) is 19.1 Å². The topological polar surface area (TPSA) is 98.9 Å². The number of H-pyrrole nitrogens is 1. The van der Waals surface area contributed by atoms with Crippen LogP contribution < -0.4 is 16.0 Å². The van der Waals surface area contributed by atoms with Gasteiger partial charge in [-0.2, -0.15) is 0 Å². The SMILES string of the molecule is O=C1CNCc2[nH]c(-c3ccnc(NC(=O)[C@@H]4C[C@H]4F)c3)c(Nc3ccccc3)c21. The molecule has 4 N–H and O–H groups in total. The molecule has 8 heteroatoms. The molecule has 5 rings (SSSR count). The van der Waals surface area contributed by atoms with Gasteiger partial charge in [0.15, 0.2) is 5.78 Å². The Hall–Kier alpha value is -3.52. The van der Waals surface area contributed by atoms with Crippen molar-refractivity contribution in [1.29, 1.82) is 0 Å². The van der Waals surface area contributed by atoms with Crippen LogP contribution >= 0.6 is 0 Å². The van der Waals surface area contributed by atoms with Gasteiger partial charge >= 0.3 is 0 Å². The quantitative estimate of drug-likeness (QED) is 0.522. The zero-order valence-electron chi connectivity index (χ0n) is 16.0. The Morgan fingerprint density at radius 2 is 1.97 bits per heavy atom. The lowest BCUT2D eigenvalue weighted by atomic mass is 10.0. The molecule has 2 aliphatic rings. The molecule has 2 aromatic heterocycles. The number of fused-ring (bicyclic) bond motifs is 1. The fraction of sp³-hybridized carbons (Fsp3) is 0.227. The van der Waals surface area contributed by atoms with Crippen LogP contribution in [0.3, 0.4) is 0 Å². The van der Waals surface area contributed by atoms with Crippen LogP contribution in [-0.2, 0) is 11.3 Å². The van der Waals surface area contributed by atoms with Crippen molar-refractivity contribution < 1.29 is 14.0 Å². The Balaban J connectivity index is 1.53. The summed E-state index contributed by atoms with van der Waals surface area (Å²) in [5.74, 6) is -0.603. The predicted octanol–water partition coefficient (Wildman–Crippen LogP) is 3.40. The number of ketones is 1. The summed E-state index contributed by atoms with van der Waals surface area (Å²) in [4.78, 5) is 32.2. The minimum absolute atomic E-state index is 0.00230. The maximum absolute atomic E-state index is 13.2. The largest absolute Gasteiger partial charge is 0.355 e. The molecule has 1 aliphatic carbocycles. The molecule has 30 heavy (non-hydrogen) atoms. The molecule has 152 valence electrons. The number of carbonyl (C=O) groups is 2. The van der Waals surface area contributed by atoms with Gasteiger partial charge in [0.25, 0.3) is 0 Å². The molecule has 0 unspecified atom stereocenters. The van der Waals surface area contributed by atoms with E-state index < -0.39 is 12.1 Å². The van der Waals surface area contributed by atoms with Crippen molar-refractivity contribution in [3.05, 3.63) is 59.9 Å². The van der Waals surface area contributed by atoms with Gasteiger partial charge in [-0.25, -0.2) is 9.37 Å². The average molecular weight is 405 g/mol. The van der Waals surface area contributed by atoms with E-state index in [1.807, 2.05) is 30.3 Å². The summed E-state index contributed by atoms with van der Waals surface area (Å²) in [6, 6.07) is 13.1. The number of anilines is 3. The van der Waals surface area contributed by atoms with Crippen LogP contribution in [0.2, 0.25) is 0 Å². The molecule has 1 aliphatic heterocycles. The third kappa shape index (κ3) is 3.46. The predicted molar refractivity (Wildman–Crippen MR) is 111 cm³/mol. The van der Waals surface area contributed by atoms with Crippen molar-refractivity contribution in [2.24, 2.45) is 5.92 Å². The van der Waals surface area contributed by atoms with Crippen molar-refractivity contribution in [3.8, 4) is 11.3 Å². The summed E-state index contributed by atoms with van der Waals surface area (Å²) in [6.07, 6.45) is 0.773. The number of Topliss-reactive ketones (excluding diaryl/α,β-unsaturated/α-hetero) is 1. The summed E-state index contributed by atoms with van der Waals surface area (Å²) in [6.45, 7) is 0.829. The number of rotatable bonds is 5. The van der Waals surface area contributed by atoms with Gasteiger partial charge in [0.2, 0.25) is 5.91 Å². The van der Waals surface area contributed by atoms with E-state index in [0.717, 1.165) is 22.6 Å². The monoisotopic (exact) mass is 405 g/mol. The molecule has 0 saturated heterocycles. The smallest absolute Gasteiger partial charge is 0.231 e. The second kappa shape index (κ2) is 7.38. The number of aromatic nitrogens is 2. The number of aromatic amines is 1. The minimum atomic E-state index is -1.07. The first kappa shape index (κ1) is 18.5. The van der Waals surface area contributed by atoms with Gasteiger partial charge in [-0.3, -0.25) is 9.59 Å². The highest BCUT2D eigenvalue weighted by Crippen LogP contribution is 2.38. The number of para-hydroxylation sites is 1. The van der Waals surface area contributed by atoms with E-state index in [1.54, 1.807) is 18.3 Å². The van der Waals surface area contributed by atoms with E-state index in [0.29, 0.717) is 23.6 Å². The summed E-state index contributed by atoms with van der Waals surface area (Å²) in [5.41, 5.74) is 4.48. The van der Waals surface area contributed by atoms with Gasteiger partial charge in [-0.15, -0.1) is 0 Å². The number of amides is 1. The maximum Gasteiger partial charge on any atom is 0.231 e. The first-order chi connectivity index (χ1) is 14.6. The van der Waals surface area contributed by atoms with Gasteiger partial charge in [0, 0.05) is 29.7 Å². The molecule has 1 amide bonds. The van der Waals surface area contributed by atoms with E-state index in [2.05, 4.69) is 25.9 Å². The summed E-state index contributed by atoms with van der Waals surface area (Å²) in [7, 11) is 0. The zero-order valence-corrected chi connectivity index (χ0v) is 16.0. The van der Waals surface area contributed by atoms with Gasteiger partial charge < -0.3 is 20.9 Å². The van der Waals surface area contributed by atoms with Crippen LogP contribution in [0.4, 0.5) is 21.6 Å². The lowest BCUT2D eigenvalue weighted by Crippen LogP contribution is -2.29. The molecule has 0 spiro atoms. The van der Waals surface area contributed by atoms with Crippen molar-refractivity contribution in [1.82, 2.24) is 15.3 Å². The molecule has 0 bridgehead atoms. The molecular formula is C22H20FN5O2. The second-order valence-corrected chi connectivity index (χ2v) is 7.52. The van der Waals surface area contributed by atoms with E-state index in [-0.39, 0.29) is 24.7 Å². The summed E-state index contributed by atoms with van der Waals surface area (Å²) >= 11 is 0. The van der Waals surface area contributed by atoms with Crippen LogP contribution in [0.25, 0.3) is 11.3 Å². The fourth-order valence-corrected chi connectivity index (χ4v) is 3.70. The maximum atomic E-state index is 13.2. The van der Waals surface area contributed by atoms with Crippen LogP contribution in [-0.4, -0.2) is 34.4 Å². The van der Waals surface area contributed by atoms with Gasteiger partial charge in [-0.05, 0) is 30.7 Å². The number of nitrogens with zero attached hydrogens (tertiary/aromatic N) is 1. The zero-order chi connectivity index (χ0) is 20.7. The first-order valence-electron chi connectivity index (χ1n) is 9.82. The van der Waals surface area contributed by atoms with E-state index in [1.165, 1.54) is 0 Å². The van der Waals surface area contributed by atoms with E-state index >= 15 is 0 Å². The van der Waals surface area contributed by atoms with Crippen molar-refractivity contribution in [3.63, 3.8) is 0 Å². The molecule has 0 radical (unpaired) electrons. The highest BCUT2D eigenvalue weighted by Gasteiger charge is 2.43. The molecule has 3 heterocycles. The molecule has 7 nitrogen and oxygen atoms in total. The number of pyridine rings is 1. The minimum Gasteiger partial charge on any atom is -0.355 e. The van der Waals surface area contributed by atoms with E-state index in [4.69, 9.17) is 0 Å². The van der Waals surface area contributed by atoms with Gasteiger partial charge in [0.1, 0.15) is 12.0 Å². The van der Waals surface area contributed by atoms with Crippen LogP contribution in [0.15, 0.2) is 48.7 Å². The highest BCUT2D eigenvalue weighted by atomic mass is 19.1. The Morgan fingerprint density at radius 1 is 1.17 bits per heavy atom. The van der Waals surface area contributed by atoms with E-state index in [9.17, 15) is 14.0 Å². The van der Waals surface area contributed by atoms with Gasteiger partial charge in [-0.1, -0.05) is 18.2 Å². The normalized spacial score (nSPS) is 19.8. The summed E-state index contributed by atoms with van der Waals surface area (Å²) in [5, 5.41) is 9.14. The molecule has 1 saturated carbocycles. The Bertz CT molecular complexity index is 1130. The fourth-order valence-electron chi connectivity index (χ4n) is 3.70. The van der Waals surface area contributed by atoms with Crippen LogP contribution in [0.1, 0.15) is 22.5 Å². The molecule has 1 aromatic carbocycles. The van der Waals surface area contributed by atoms with Crippen molar-refractivity contribution >= 4 is 28.9 Å². The third-order valence-corrected chi connectivity index (χ3v) is 5.34. The number of halogens is 1. The number of nitrogens with one attached hydrogen (secondary N) is 4. The molecule has 3 aromatic rings. The van der Waals surface area contributed by atoms with Crippen LogP contribution in [0, 0.1) is 5.92 Å². The number of hydrogen-bond acceptors (Lipinski definition) is 5. The molecular weight excluding hydrogens is 385 g/mol. The number of alkyl halides is 1. The lowest BCUT2D eigenvalue weighted by molar-refractivity contribution is -0.117. The number of benzene rings is 1. The highest BCUT2D eigenvalue weighted by molar-refractivity contribution is 6.08.